The summed E-state index contributed by atoms with van der Waals surface area (Å²) in [5, 5.41) is 14.8. The zero-order chi connectivity index (χ0) is 24.9. The lowest BCUT2D eigenvalue weighted by Crippen LogP contribution is -2.13. The number of nitrogens with zero attached hydrogens (tertiary/aromatic N) is 1. The van der Waals surface area contributed by atoms with Gasteiger partial charge in [0.05, 0.1) is 8.04 Å². The van der Waals surface area contributed by atoms with Crippen LogP contribution in [0.15, 0.2) is 82.8 Å². The van der Waals surface area contributed by atoms with E-state index in [1.165, 1.54) is 10.8 Å². The molecule has 174 valence electrons. The number of ether oxygens (including phenoxy) is 1. The van der Waals surface area contributed by atoms with Crippen LogP contribution in [0, 0.1) is 28.7 Å². The summed E-state index contributed by atoms with van der Waals surface area (Å²) in [7, 11) is 0. The average Bonchev–Trinajstić information content (AvgIpc) is 2.84. The highest BCUT2D eigenvalue weighted by Gasteiger charge is 2.13. The van der Waals surface area contributed by atoms with E-state index in [2.05, 4.69) is 74.2 Å². The second-order valence-electron chi connectivity index (χ2n) is 8.21. The van der Waals surface area contributed by atoms with Crippen molar-refractivity contribution in [2.75, 3.05) is 5.32 Å². The molecule has 1 amide bonds. The molecule has 0 spiro atoms. The fourth-order valence-corrected chi connectivity index (χ4v) is 5.39. The summed E-state index contributed by atoms with van der Waals surface area (Å²) in [4.78, 5) is 12.7. The number of carbonyl (C=O) groups excluding carboxylic acids is 1. The number of hydrogen-bond donors (Lipinski definition) is 1. The van der Waals surface area contributed by atoms with Gasteiger partial charge in [-0.15, -0.1) is 0 Å². The molecule has 0 heterocycles. The second-order valence-corrected chi connectivity index (χ2v) is 10.2. The Balaban J connectivity index is 1.50. The van der Waals surface area contributed by atoms with Gasteiger partial charge in [-0.1, -0.05) is 42.5 Å². The summed E-state index contributed by atoms with van der Waals surface area (Å²) in [6.45, 7) is 4.42. The van der Waals surface area contributed by atoms with Gasteiger partial charge in [0.15, 0.2) is 0 Å². The number of amides is 1. The van der Waals surface area contributed by atoms with Crippen molar-refractivity contribution in [1.82, 2.24) is 0 Å². The minimum Gasteiger partial charge on any atom is -0.487 e. The van der Waals surface area contributed by atoms with Crippen LogP contribution in [0.2, 0.25) is 0 Å². The quantitative estimate of drug-likeness (QED) is 0.133. The van der Waals surface area contributed by atoms with E-state index < -0.39 is 5.91 Å². The summed E-state index contributed by atoms with van der Waals surface area (Å²) in [5.41, 5.74) is 4.70. The van der Waals surface area contributed by atoms with Gasteiger partial charge in [-0.05, 0) is 122 Å². The Hall–Kier alpha value is -3.15. The molecule has 0 saturated carbocycles. The molecule has 0 saturated heterocycles. The number of anilines is 1. The molecular weight excluding hydrogens is 615 g/mol. The first-order valence-corrected chi connectivity index (χ1v) is 12.8. The Labute approximate surface area is 226 Å². The topological polar surface area (TPSA) is 62.1 Å². The highest BCUT2D eigenvalue weighted by atomic mass is 127. The smallest absolute Gasteiger partial charge is 0.266 e. The first kappa shape index (κ1) is 25.0. The van der Waals surface area contributed by atoms with E-state index in [9.17, 15) is 10.1 Å². The molecule has 4 rings (SSSR count). The highest BCUT2D eigenvalue weighted by molar-refractivity contribution is 14.1. The molecule has 6 heteroatoms. The van der Waals surface area contributed by atoms with E-state index in [1.807, 2.05) is 62.4 Å². The van der Waals surface area contributed by atoms with Gasteiger partial charge in [0, 0.05) is 5.69 Å². The minimum atomic E-state index is -0.446. The molecule has 0 radical (unpaired) electrons. The number of halogens is 2. The number of nitriles is 1. The number of benzene rings is 4. The van der Waals surface area contributed by atoms with Crippen LogP contribution in [0.5, 0.6) is 5.75 Å². The van der Waals surface area contributed by atoms with E-state index in [-0.39, 0.29) is 5.57 Å². The average molecular weight is 637 g/mol. The normalized spacial score (nSPS) is 11.2. The van der Waals surface area contributed by atoms with Crippen LogP contribution in [-0.4, -0.2) is 5.91 Å². The molecule has 4 aromatic rings. The van der Waals surface area contributed by atoms with Crippen molar-refractivity contribution in [3.63, 3.8) is 0 Å². The SMILES string of the molecule is Cc1ccc(NC(=O)/C(C#N)=C/c2cc(Br)c(OCc3ccc4ccccc4c3)c(I)c2)cc1C. The van der Waals surface area contributed by atoms with Gasteiger partial charge in [-0.3, -0.25) is 4.79 Å². The first-order valence-electron chi connectivity index (χ1n) is 10.9. The van der Waals surface area contributed by atoms with Gasteiger partial charge in [-0.25, -0.2) is 0 Å². The Bertz CT molecular complexity index is 1480. The van der Waals surface area contributed by atoms with Crippen LogP contribution in [0.4, 0.5) is 5.69 Å². The molecule has 0 aliphatic heterocycles. The molecular formula is C29H22BrIN2O2. The summed E-state index contributed by atoms with van der Waals surface area (Å²) in [6, 6.07) is 25.9. The van der Waals surface area contributed by atoms with Gasteiger partial charge < -0.3 is 10.1 Å². The van der Waals surface area contributed by atoms with Crippen LogP contribution < -0.4 is 10.1 Å². The van der Waals surface area contributed by atoms with E-state index in [0.717, 1.165) is 30.3 Å². The number of fused-ring (bicyclic) bond motifs is 1. The zero-order valence-corrected chi connectivity index (χ0v) is 23.0. The molecule has 0 bridgehead atoms. The molecule has 0 aliphatic rings. The van der Waals surface area contributed by atoms with Crippen molar-refractivity contribution >= 4 is 67.0 Å². The summed E-state index contributed by atoms with van der Waals surface area (Å²) in [6.07, 6.45) is 1.58. The predicted molar refractivity (Wildman–Crippen MR) is 153 cm³/mol. The standard InChI is InChI=1S/C29H22BrIN2O2/c1-18-7-10-25(11-19(18)2)33-29(34)24(16-32)13-21-14-26(30)28(27(31)15-21)35-17-20-8-9-22-5-3-4-6-23(22)12-20/h3-15H,17H2,1-2H3,(H,33,34)/b24-13+. The van der Waals surface area contributed by atoms with E-state index in [0.29, 0.717) is 18.0 Å². The maximum atomic E-state index is 12.7. The van der Waals surface area contributed by atoms with Crippen molar-refractivity contribution < 1.29 is 9.53 Å². The fraction of sp³-hybridized carbons (Fsp3) is 0.103. The summed E-state index contributed by atoms with van der Waals surface area (Å²) >= 11 is 5.79. The van der Waals surface area contributed by atoms with Crippen LogP contribution in [-0.2, 0) is 11.4 Å². The monoisotopic (exact) mass is 636 g/mol. The molecule has 0 unspecified atom stereocenters. The van der Waals surface area contributed by atoms with Crippen LogP contribution in [0.1, 0.15) is 22.3 Å². The van der Waals surface area contributed by atoms with Gasteiger partial charge >= 0.3 is 0 Å². The molecule has 0 aromatic heterocycles. The van der Waals surface area contributed by atoms with Crippen molar-refractivity contribution in [3.05, 3.63) is 109 Å². The number of hydrogen-bond acceptors (Lipinski definition) is 3. The largest absolute Gasteiger partial charge is 0.487 e. The molecule has 1 N–H and O–H groups in total. The van der Waals surface area contributed by atoms with Crippen LogP contribution in [0.3, 0.4) is 0 Å². The zero-order valence-electron chi connectivity index (χ0n) is 19.2. The Morgan fingerprint density at radius 3 is 2.51 bits per heavy atom. The third-order valence-corrected chi connectivity index (χ3v) is 7.05. The molecule has 35 heavy (non-hydrogen) atoms. The Kier molecular flexibility index (Phi) is 7.89. The lowest BCUT2D eigenvalue weighted by molar-refractivity contribution is -0.112. The van der Waals surface area contributed by atoms with Crippen molar-refractivity contribution in [3.8, 4) is 11.8 Å². The third kappa shape index (κ3) is 6.11. The van der Waals surface area contributed by atoms with Crippen LogP contribution in [0.25, 0.3) is 16.8 Å². The molecule has 0 atom stereocenters. The van der Waals surface area contributed by atoms with Gasteiger partial charge in [0.1, 0.15) is 24.0 Å². The highest BCUT2D eigenvalue weighted by Crippen LogP contribution is 2.33. The van der Waals surface area contributed by atoms with E-state index in [1.54, 1.807) is 6.08 Å². The van der Waals surface area contributed by atoms with Crippen molar-refractivity contribution in [2.24, 2.45) is 0 Å². The summed E-state index contributed by atoms with van der Waals surface area (Å²) in [5.74, 6) is 0.271. The lowest BCUT2D eigenvalue weighted by Gasteiger charge is -2.12. The Morgan fingerprint density at radius 1 is 1.03 bits per heavy atom. The van der Waals surface area contributed by atoms with Crippen LogP contribution >= 0.6 is 38.5 Å². The maximum Gasteiger partial charge on any atom is 0.266 e. The lowest BCUT2D eigenvalue weighted by atomic mass is 10.1. The number of carbonyl (C=O) groups is 1. The van der Waals surface area contributed by atoms with E-state index in [4.69, 9.17) is 4.74 Å². The molecule has 0 fully saturated rings. The predicted octanol–water partition coefficient (Wildman–Crippen LogP) is 7.95. The van der Waals surface area contributed by atoms with Gasteiger partial charge in [0.25, 0.3) is 5.91 Å². The number of rotatable bonds is 6. The Morgan fingerprint density at radius 2 is 1.80 bits per heavy atom. The summed E-state index contributed by atoms with van der Waals surface area (Å²) < 4.78 is 7.74. The van der Waals surface area contributed by atoms with Crippen molar-refractivity contribution in [2.45, 2.75) is 20.5 Å². The molecule has 4 aromatic carbocycles. The van der Waals surface area contributed by atoms with Gasteiger partial charge in [-0.2, -0.15) is 5.26 Å². The first-order chi connectivity index (χ1) is 16.8. The number of aryl methyl sites for hydroxylation is 2. The second kappa shape index (κ2) is 11.1. The minimum absolute atomic E-state index is 0.0239. The molecule has 4 nitrogen and oxygen atoms in total. The number of nitrogens with one attached hydrogen (secondary N) is 1. The maximum absolute atomic E-state index is 12.7. The van der Waals surface area contributed by atoms with Crippen molar-refractivity contribution in [1.29, 1.82) is 5.26 Å². The fourth-order valence-electron chi connectivity index (χ4n) is 3.62. The van der Waals surface area contributed by atoms with E-state index >= 15 is 0 Å². The molecule has 0 aliphatic carbocycles. The van der Waals surface area contributed by atoms with Gasteiger partial charge in [0.2, 0.25) is 0 Å². The third-order valence-electron chi connectivity index (χ3n) is 5.66.